The van der Waals surface area contributed by atoms with Crippen molar-refractivity contribution in [2.24, 2.45) is 0 Å². The van der Waals surface area contributed by atoms with E-state index in [1.165, 1.54) is 24.5 Å². The number of hydrogen-bond acceptors (Lipinski definition) is 2. The first-order chi connectivity index (χ1) is 10.9. The molecule has 1 aromatic carbocycles. The van der Waals surface area contributed by atoms with Crippen LogP contribution in [0.4, 0.5) is 13.2 Å². The molecule has 3 aliphatic rings. The van der Waals surface area contributed by atoms with E-state index in [0.717, 1.165) is 44.2 Å². The zero-order valence-corrected chi connectivity index (χ0v) is 13.4. The molecule has 1 aromatic rings. The van der Waals surface area contributed by atoms with Crippen LogP contribution in [0.5, 0.6) is 5.75 Å². The molecule has 2 aliphatic carbocycles. The molecule has 4 rings (SSSR count). The van der Waals surface area contributed by atoms with Gasteiger partial charge in [-0.1, -0.05) is 18.9 Å². The van der Waals surface area contributed by atoms with Gasteiger partial charge in [0, 0.05) is 11.0 Å². The summed E-state index contributed by atoms with van der Waals surface area (Å²) in [6.45, 7) is 1.03. The molecule has 0 amide bonds. The van der Waals surface area contributed by atoms with Crippen LogP contribution >= 0.6 is 0 Å². The number of alkyl halides is 3. The first kappa shape index (κ1) is 15.3. The fourth-order valence-electron chi connectivity index (χ4n) is 5.64. The first-order valence-corrected chi connectivity index (χ1v) is 8.47. The van der Waals surface area contributed by atoms with Gasteiger partial charge in [0.1, 0.15) is 5.75 Å². The molecule has 0 radical (unpaired) electrons. The van der Waals surface area contributed by atoms with Crippen LogP contribution in [0.3, 0.4) is 0 Å². The molecule has 2 fully saturated rings. The van der Waals surface area contributed by atoms with Crippen LogP contribution in [0.25, 0.3) is 0 Å². The van der Waals surface area contributed by atoms with Gasteiger partial charge in [-0.3, -0.25) is 4.90 Å². The van der Waals surface area contributed by atoms with Crippen molar-refractivity contribution < 1.29 is 17.9 Å². The van der Waals surface area contributed by atoms with Gasteiger partial charge in [0.2, 0.25) is 0 Å². The van der Waals surface area contributed by atoms with Crippen molar-refractivity contribution in [2.45, 2.75) is 62.3 Å². The Kier molecular flexibility index (Phi) is 3.25. The van der Waals surface area contributed by atoms with Crippen molar-refractivity contribution in [3.63, 3.8) is 0 Å². The highest BCUT2D eigenvalue weighted by Gasteiger charge is 2.61. The van der Waals surface area contributed by atoms with Crippen LogP contribution in [-0.4, -0.2) is 30.4 Å². The Hall–Kier alpha value is -1.23. The van der Waals surface area contributed by atoms with E-state index in [-0.39, 0.29) is 16.7 Å². The maximum Gasteiger partial charge on any atom is 0.573 e. The summed E-state index contributed by atoms with van der Waals surface area (Å²) in [6, 6.07) is 5.00. The summed E-state index contributed by atoms with van der Waals surface area (Å²) in [5, 5.41) is 0. The molecule has 0 N–H and O–H groups in total. The highest BCUT2D eigenvalue weighted by Crippen LogP contribution is 2.60. The fourth-order valence-corrected chi connectivity index (χ4v) is 5.64. The van der Waals surface area contributed by atoms with Crippen molar-refractivity contribution >= 4 is 0 Å². The van der Waals surface area contributed by atoms with Gasteiger partial charge in [0.05, 0.1) is 0 Å². The number of rotatable bonds is 1. The Morgan fingerprint density at radius 1 is 1.09 bits per heavy atom. The van der Waals surface area contributed by atoms with E-state index in [2.05, 4.69) is 16.7 Å². The number of ether oxygens (including phenoxy) is 1. The van der Waals surface area contributed by atoms with Gasteiger partial charge in [-0.25, -0.2) is 0 Å². The van der Waals surface area contributed by atoms with Crippen LogP contribution in [0.15, 0.2) is 18.2 Å². The van der Waals surface area contributed by atoms with E-state index in [9.17, 15) is 13.2 Å². The van der Waals surface area contributed by atoms with Crippen LogP contribution < -0.4 is 4.74 Å². The number of aryl methyl sites for hydroxylation is 1. The van der Waals surface area contributed by atoms with Crippen LogP contribution in [-0.2, 0) is 11.8 Å². The van der Waals surface area contributed by atoms with Gasteiger partial charge >= 0.3 is 6.36 Å². The number of likely N-dealkylation sites (N-methyl/N-ethyl adjacent to an activating group) is 1. The quantitative estimate of drug-likeness (QED) is 0.758. The van der Waals surface area contributed by atoms with Crippen molar-refractivity contribution in [2.75, 3.05) is 13.6 Å². The standard InChI is InChI=1S/C18H22F3NO/c1-22-11-10-16-7-2-3-8-17(16,22)9-6-13-4-5-14(12-15(13)16)23-18(19,20)21/h4-5,12H,2-3,6-11H2,1H3/t16?,17-/m0/s1. The van der Waals surface area contributed by atoms with Crippen LogP contribution in [0.1, 0.15) is 49.7 Å². The third-order valence-electron chi connectivity index (χ3n) is 6.58. The van der Waals surface area contributed by atoms with Crippen molar-refractivity contribution in [1.29, 1.82) is 0 Å². The van der Waals surface area contributed by atoms with Crippen LogP contribution in [0, 0.1) is 0 Å². The molecular formula is C18H22F3NO. The van der Waals surface area contributed by atoms with E-state index >= 15 is 0 Å². The topological polar surface area (TPSA) is 12.5 Å². The van der Waals surface area contributed by atoms with Gasteiger partial charge in [-0.05, 0) is 69.0 Å². The normalized spacial score (nSPS) is 33.7. The molecule has 0 spiro atoms. The van der Waals surface area contributed by atoms with E-state index in [1.54, 1.807) is 6.07 Å². The van der Waals surface area contributed by atoms with Gasteiger partial charge in [0.25, 0.3) is 0 Å². The van der Waals surface area contributed by atoms with Gasteiger partial charge < -0.3 is 4.74 Å². The molecule has 126 valence electrons. The number of likely N-dealkylation sites (tertiary alicyclic amines) is 1. The van der Waals surface area contributed by atoms with Crippen molar-refractivity contribution in [1.82, 2.24) is 4.90 Å². The van der Waals surface area contributed by atoms with Crippen molar-refractivity contribution in [3.8, 4) is 5.75 Å². The smallest absolute Gasteiger partial charge is 0.406 e. The van der Waals surface area contributed by atoms with Crippen LogP contribution in [0.2, 0.25) is 0 Å². The largest absolute Gasteiger partial charge is 0.573 e. The third kappa shape index (κ3) is 2.12. The Balaban J connectivity index is 1.82. The second-order valence-electron chi connectivity index (χ2n) is 7.36. The molecule has 1 heterocycles. The predicted molar refractivity (Wildman–Crippen MR) is 81.6 cm³/mol. The summed E-state index contributed by atoms with van der Waals surface area (Å²) in [4.78, 5) is 2.48. The zero-order chi connectivity index (χ0) is 16.3. The number of fused-ring (bicyclic) bond motifs is 1. The number of benzene rings is 1. The predicted octanol–water partition coefficient (Wildman–Crippen LogP) is 4.42. The lowest BCUT2D eigenvalue weighted by Crippen LogP contribution is -2.59. The lowest BCUT2D eigenvalue weighted by Gasteiger charge is -2.56. The summed E-state index contributed by atoms with van der Waals surface area (Å²) in [5.74, 6) is -0.0680. The van der Waals surface area contributed by atoms with Crippen molar-refractivity contribution in [3.05, 3.63) is 29.3 Å². The lowest BCUT2D eigenvalue weighted by atomic mass is 9.53. The Morgan fingerprint density at radius 2 is 1.87 bits per heavy atom. The van der Waals surface area contributed by atoms with Gasteiger partial charge in [-0.2, -0.15) is 0 Å². The van der Waals surface area contributed by atoms with E-state index in [1.807, 2.05) is 6.07 Å². The minimum absolute atomic E-state index is 0.0125. The summed E-state index contributed by atoms with van der Waals surface area (Å²) < 4.78 is 42.0. The van der Waals surface area contributed by atoms with Gasteiger partial charge in [-0.15, -0.1) is 13.2 Å². The van der Waals surface area contributed by atoms with E-state index in [0.29, 0.717) is 0 Å². The molecular weight excluding hydrogens is 303 g/mol. The maximum atomic E-state index is 12.6. The second-order valence-corrected chi connectivity index (χ2v) is 7.36. The molecule has 2 atom stereocenters. The average molecular weight is 325 g/mol. The summed E-state index contributed by atoms with van der Waals surface area (Å²) in [5.41, 5.74) is 2.48. The van der Waals surface area contributed by atoms with E-state index in [4.69, 9.17) is 0 Å². The minimum atomic E-state index is -4.63. The lowest BCUT2D eigenvalue weighted by molar-refractivity contribution is -0.274. The number of nitrogens with zero attached hydrogens (tertiary/aromatic N) is 1. The molecule has 2 nitrogen and oxygen atoms in total. The summed E-state index contributed by atoms with van der Waals surface area (Å²) in [6.07, 6.45) is 3.12. The maximum absolute atomic E-state index is 12.6. The SMILES string of the molecule is CN1CCC23CCCC[C@@]12CCc1ccc(OC(F)(F)F)cc13. The molecule has 23 heavy (non-hydrogen) atoms. The second kappa shape index (κ2) is 4.88. The minimum Gasteiger partial charge on any atom is -0.406 e. The molecule has 1 aliphatic heterocycles. The number of hydrogen-bond donors (Lipinski definition) is 0. The molecule has 1 saturated heterocycles. The average Bonchev–Trinajstić information content (AvgIpc) is 2.81. The monoisotopic (exact) mass is 325 g/mol. The molecule has 1 unspecified atom stereocenters. The molecule has 0 aromatic heterocycles. The fraction of sp³-hybridized carbons (Fsp3) is 0.667. The zero-order valence-electron chi connectivity index (χ0n) is 13.4. The highest BCUT2D eigenvalue weighted by atomic mass is 19.4. The van der Waals surface area contributed by atoms with E-state index < -0.39 is 6.36 Å². The molecule has 5 heteroatoms. The Bertz CT molecular complexity index is 625. The summed E-state index contributed by atoms with van der Waals surface area (Å²) >= 11 is 0. The third-order valence-corrected chi connectivity index (χ3v) is 6.58. The Morgan fingerprint density at radius 3 is 2.65 bits per heavy atom. The Labute approximate surface area is 134 Å². The molecule has 1 saturated carbocycles. The highest BCUT2D eigenvalue weighted by molar-refractivity contribution is 5.47. The number of halogens is 3. The van der Waals surface area contributed by atoms with Gasteiger partial charge in [0.15, 0.2) is 0 Å². The molecule has 0 bridgehead atoms. The summed E-state index contributed by atoms with van der Waals surface area (Å²) in [7, 11) is 2.19. The first-order valence-electron chi connectivity index (χ1n) is 8.47.